The summed E-state index contributed by atoms with van der Waals surface area (Å²) in [7, 11) is 1.72. The van der Waals surface area contributed by atoms with E-state index in [2.05, 4.69) is 58.0 Å². The minimum Gasteiger partial charge on any atom is -0.497 e. The molecule has 0 atom stereocenters. The van der Waals surface area contributed by atoms with Crippen LogP contribution in [0.2, 0.25) is 0 Å². The van der Waals surface area contributed by atoms with Gasteiger partial charge in [-0.1, -0.05) is 51.5 Å². The highest BCUT2D eigenvalue weighted by Crippen LogP contribution is 2.38. The average molecular weight is 310 g/mol. The standard InChI is InChI=1S/C22H30O/c1-6-16-14-19(18-10-12-20(23-5)13-11-18)15-17(7-2)22(9-4)21(16)8-3/h10-14H,6-9,15H2,1-5H3. The van der Waals surface area contributed by atoms with Gasteiger partial charge in [-0.25, -0.2) is 0 Å². The number of rotatable bonds is 6. The molecule has 1 aromatic rings. The zero-order chi connectivity index (χ0) is 16.8. The predicted octanol–water partition coefficient (Wildman–Crippen LogP) is 6.72. The van der Waals surface area contributed by atoms with E-state index in [0.29, 0.717) is 0 Å². The van der Waals surface area contributed by atoms with Crippen LogP contribution in [0.15, 0.2) is 52.6 Å². The Morgan fingerprint density at radius 2 is 1.48 bits per heavy atom. The van der Waals surface area contributed by atoms with Crippen molar-refractivity contribution in [2.24, 2.45) is 0 Å². The molecule has 23 heavy (non-hydrogen) atoms. The molecule has 0 saturated carbocycles. The molecule has 0 amide bonds. The second kappa shape index (κ2) is 8.19. The van der Waals surface area contributed by atoms with Crippen molar-refractivity contribution >= 4 is 5.57 Å². The molecule has 0 aliphatic heterocycles. The summed E-state index contributed by atoms with van der Waals surface area (Å²) >= 11 is 0. The maximum absolute atomic E-state index is 5.30. The van der Waals surface area contributed by atoms with E-state index in [4.69, 9.17) is 4.74 Å². The number of ether oxygens (including phenoxy) is 1. The smallest absolute Gasteiger partial charge is 0.118 e. The molecule has 0 radical (unpaired) electrons. The van der Waals surface area contributed by atoms with Crippen molar-refractivity contribution in [3.63, 3.8) is 0 Å². The minimum atomic E-state index is 0.920. The van der Waals surface area contributed by atoms with Crippen LogP contribution in [0.3, 0.4) is 0 Å². The van der Waals surface area contributed by atoms with Crippen molar-refractivity contribution in [1.29, 1.82) is 0 Å². The second-order valence-corrected chi connectivity index (χ2v) is 6.07. The third-order valence-electron chi connectivity index (χ3n) is 4.91. The summed E-state index contributed by atoms with van der Waals surface area (Å²) in [6.45, 7) is 9.16. The Balaban J connectivity index is 2.54. The van der Waals surface area contributed by atoms with Crippen LogP contribution >= 0.6 is 0 Å². The van der Waals surface area contributed by atoms with Crippen LogP contribution in [0.25, 0.3) is 5.57 Å². The Morgan fingerprint density at radius 1 is 0.826 bits per heavy atom. The third kappa shape index (κ3) is 3.77. The van der Waals surface area contributed by atoms with Crippen LogP contribution in [0, 0.1) is 0 Å². The molecule has 0 bridgehead atoms. The summed E-state index contributed by atoms with van der Waals surface area (Å²) in [6, 6.07) is 8.50. The molecule has 0 fully saturated rings. The van der Waals surface area contributed by atoms with Gasteiger partial charge >= 0.3 is 0 Å². The maximum Gasteiger partial charge on any atom is 0.118 e. The zero-order valence-corrected chi connectivity index (χ0v) is 15.3. The highest BCUT2D eigenvalue weighted by molar-refractivity contribution is 5.73. The van der Waals surface area contributed by atoms with E-state index in [1.54, 1.807) is 23.8 Å². The van der Waals surface area contributed by atoms with E-state index in [1.807, 2.05) is 0 Å². The quantitative estimate of drug-likeness (QED) is 0.567. The highest BCUT2D eigenvalue weighted by atomic mass is 16.5. The first kappa shape index (κ1) is 17.6. The van der Waals surface area contributed by atoms with Crippen molar-refractivity contribution in [3.05, 3.63) is 58.2 Å². The Morgan fingerprint density at radius 3 is 1.96 bits per heavy atom. The van der Waals surface area contributed by atoms with Crippen LogP contribution in [0.4, 0.5) is 0 Å². The van der Waals surface area contributed by atoms with Gasteiger partial charge in [0.15, 0.2) is 0 Å². The van der Waals surface area contributed by atoms with Crippen molar-refractivity contribution in [2.75, 3.05) is 7.11 Å². The molecule has 0 N–H and O–H groups in total. The van der Waals surface area contributed by atoms with E-state index >= 15 is 0 Å². The Hall–Kier alpha value is -1.76. The van der Waals surface area contributed by atoms with Crippen molar-refractivity contribution in [1.82, 2.24) is 0 Å². The first-order chi connectivity index (χ1) is 11.2. The van der Waals surface area contributed by atoms with Gasteiger partial charge in [0.25, 0.3) is 0 Å². The van der Waals surface area contributed by atoms with Gasteiger partial charge in [-0.05, 0) is 72.1 Å². The monoisotopic (exact) mass is 310 g/mol. The third-order valence-corrected chi connectivity index (χ3v) is 4.91. The number of hydrogen-bond acceptors (Lipinski definition) is 1. The molecule has 1 aliphatic rings. The van der Waals surface area contributed by atoms with Gasteiger partial charge in [0.05, 0.1) is 7.11 Å². The highest BCUT2D eigenvalue weighted by Gasteiger charge is 2.17. The molecule has 1 aliphatic carbocycles. The summed E-state index contributed by atoms with van der Waals surface area (Å²) < 4.78 is 5.30. The molecule has 0 saturated heterocycles. The van der Waals surface area contributed by atoms with Crippen molar-refractivity contribution < 1.29 is 4.74 Å². The van der Waals surface area contributed by atoms with Gasteiger partial charge in [0, 0.05) is 0 Å². The lowest BCUT2D eigenvalue weighted by Gasteiger charge is -2.15. The number of hydrogen-bond donors (Lipinski definition) is 0. The second-order valence-electron chi connectivity index (χ2n) is 6.07. The van der Waals surface area contributed by atoms with Crippen molar-refractivity contribution in [2.45, 2.75) is 59.8 Å². The van der Waals surface area contributed by atoms with Crippen LogP contribution in [-0.2, 0) is 0 Å². The minimum absolute atomic E-state index is 0.920. The molecular formula is C22H30O. The zero-order valence-electron chi connectivity index (χ0n) is 15.3. The molecule has 0 aromatic heterocycles. The lowest BCUT2D eigenvalue weighted by Crippen LogP contribution is -1.96. The summed E-state index contributed by atoms with van der Waals surface area (Å²) in [5.41, 5.74) is 9.06. The lowest BCUT2D eigenvalue weighted by atomic mass is 9.90. The molecular weight excluding hydrogens is 280 g/mol. The van der Waals surface area contributed by atoms with E-state index in [9.17, 15) is 0 Å². The number of allylic oxidation sites excluding steroid dienone is 6. The molecule has 1 nitrogen and oxygen atoms in total. The summed E-state index contributed by atoms with van der Waals surface area (Å²) in [6.07, 6.45) is 8.01. The molecule has 1 heteroatoms. The van der Waals surface area contributed by atoms with Crippen LogP contribution in [0.1, 0.15) is 65.4 Å². The van der Waals surface area contributed by atoms with Crippen molar-refractivity contribution in [3.8, 4) is 5.75 Å². The molecule has 0 unspecified atom stereocenters. The van der Waals surface area contributed by atoms with Crippen LogP contribution < -0.4 is 4.74 Å². The molecule has 1 aromatic carbocycles. The van der Waals surface area contributed by atoms with Gasteiger partial charge in [0.1, 0.15) is 5.75 Å². The van der Waals surface area contributed by atoms with Gasteiger partial charge in [-0.3, -0.25) is 0 Å². The lowest BCUT2D eigenvalue weighted by molar-refractivity contribution is 0.415. The molecule has 0 heterocycles. The topological polar surface area (TPSA) is 9.23 Å². The van der Waals surface area contributed by atoms with E-state index in [1.165, 1.54) is 16.7 Å². The van der Waals surface area contributed by atoms with Gasteiger partial charge in [-0.2, -0.15) is 0 Å². The van der Waals surface area contributed by atoms with Gasteiger partial charge < -0.3 is 4.74 Å². The Labute approximate surface area is 141 Å². The SMILES string of the molecule is CCC1=C(CC)C(CC)=C(CC)CC(c2ccc(OC)cc2)=C1. The Bertz CT molecular complexity index is 626. The first-order valence-corrected chi connectivity index (χ1v) is 8.96. The average Bonchev–Trinajstić information content (AvgIpc) is 2.77. The normalized spacial score (nSPS) is 15.6. The van der Waals surface area contributed by atoms with Gasteiger partial charge in [-0.15, -0.1) is 0 Å². The first-order valence-electron chi connectivity index (χ1n) is 8.96. The number of benzene rings is 1. The largest absolute Gasteiger partial charge is 0.497 e. The van der Waals surface area contributed by atoms with E-state index in [-0.39, 0.29) is 0 Å². The summed E-state index contributed by atoms with van der Waals surface area (Å²) in [5, 5.41) is 0. The fraction of sp³-hybridized carbons (Fsp3) is 0.455. The summed E-state index contributed by atoms with van der Waals surface area (Å²) in [5.74, 6) is 0.920. The molecule has 124 valence electrons. The fourth-order valence-electron chi connectivity index (χ4n) is 3.64. The van der Waals surface area contributed by atoms with Gasteiger partial charge in [0.2, 0.25) is 0 Å². The van der Waals surface area contributed by atoms with E-state index in [0.717, 1.165) is 37.9 Å². The van der Waals surface area contributed by atoms with E-state index < -0.39 is 0 Å². The number of methoxy groups -OCH3 is 1. The molecule has 0 spiro atoms. The maximum atomic E-state index is 5.30. The molecule has 2 rings (SSSR count). The van der Waals surface area contributed by atoms with Crippen LogP contribution in [-0.4, -0.2) is 7.11 Å². The van der Waals surface area contributed by atoms with Crippen LogP contribution in [0.5, 0.6) is 5.75 Å². The fourth-order valence-corrected chi connectivity index (χ4v) is 3.64. The Kier molecular flexibility index (Phi) is 6.27. The summed E-state index contributed by atoms with van der Waals surface area (Å²) in [4.78, 5) is 0. The predicted molar refractivity (Wildman–Crippen MR) is 101 cm³/mol.